The molecule has 1 atom stereocenters. The number of hydrogen-bond donors (Lipinski definition) is 1. The number of halogens is 4. The van der Waals surface area contributed by atoms with Crippen LogP contribution in [-0.4, -0.2) is 35.2 Å². The van der Waals surface area contributed by atoms with Gasteiger partial charge >= 0.3 is 6.18 Å². The summed E-state index contributed by atoms with van der Waals surface area (Å²) in [7, 11) is 1.83. The maximum atomic E-state index is 13.2. The molecule has 1 N–H and O–H groups in total. The van der Waals surface area contributed by atoms with Crippen molar-refractivity contribution in [3.63, 3.8) is 0 Å². The van der Waals surface area contributed by atoms with Crippen LogP contribution < -0.4 is 5.32 Å². The average molecular weight is 465 g/mol. The molecular weight excluding hydrogens is 443 g/mol. The summed E-state index contributed by atoms with van der Waals surface area (Å²) in [4.78, 5) is 0. The van der Waals surface area contributed by atoms with Gasteiger partial charge in [-0.1, -0.05) is 11.6 Å². The highest BCUT2D eigenvalue weighted by molar-refractivity contribution is 6.30. The van der Waals surface area contributed by atoms with Crippen molar-refractivity contribution in [2.75, 3.05) is 18.9 Å². The van der Waals surface area contributed by atoms with Crippen molar-refractivity contribution in [1.82, 2.24) is 15.2 Å². The molecule has 3 heterocycles. The summed E-state index contributed by atoms with van der Waals surface area (Å²) in [5.41, 5.74) is 4.26. The van der Waals surface area contributed by atoms with Crippen molar-refractivity contribution in [2.24, 2.45) is 5.10 Å². The lowest BCUT2D eigenvalue weighted by Crippen LogP contribution is -2.43. The van der Waals surface area contributed by atoms with Crippen LogP contribution in [0.4, 0.5) is 18.9 Å². The average Bonchev–Trinajstić information content (AvgIpc) is 3.27. The molecule has 0 aromatic heterocycles. The first kappa shape index (κ1) is 21.4. The Bertz CT molecular complexity index is 1060. The van der Waals surface area contributed by atoms with E-state index in [4.69, 9.17) is 16.3 Å². The monoisotopic (exact) mass is 464 g/mol. The standard InChI is InChI=1S/C22H22ClF3N5O/c1-29-30(13-28-31(29)10-14-5-17(22(24,25)26)9-18(23)6-14)21-3-2-4-27-20-8-16-12-32-11-15(16)7-19(20)21/h5-9,21,27H,2-4,10-12H2,1H3/t21-/m0/s1. The van der Waals surface area contributed by atoms with Crippen molar-refractivity contribution in [2.45, 2.75) is 44.8 Å². The number of benzene rings is 2. The smallest absolute Gasteiger partial charge is 0.385 e. The zero-order valence-corrected chi connectivity index (χ0v) is 18.2. The zero-order chi connectivity index (χ0) is 22.5. The van der Waals surface area contributed by atoms with Gasteiger partial charge in [-0.25, -0.2) is 5.12 Å². The number of anilines is 1. The van der Waals surface area contributed by atoms with E-state index >= 15 is 0 Å². The minimum atomic E-state index is -4.46. The molecule has 0 spiro atoms. The van der Waals surface area contributed by atoms with Gasteiger partial charge < -0.3 is 10.1 Å². The molecular formula is C22H22ClF3N5O. The molecule has 0 fully saturated rings. The molecule has 10 heteroatoms. The van der Waals surface area contributed by atoms with E-state index in [-0.39, 0.29) is 17.6 Å². The molecule has 0 saturated carbocycles. The van der Waals surface area contributed by atoms with Gasteiger partial charge in [0.2, 0.25) is 6.34 Å². The number of hydrazine groups is 2. The third-order valence-electron chi connectivity index (χ3n) is 6.03. The summed E-state index contributed by atoms with van der Waals surface area (Å²) in [6, 6.07) is 7.90. The topological polar surface area (TPSA) is 43.3 Å². The number of hydrogen-bond acceptors (Lipinski definition) is 6. The third kappa shape index (κ3) is 4.00. The minimum absolute atomic E-state index is 0.00486. The number of rotatable bonds is 3. The second-order valence-corrected chi connectivity index (χ2v) is 8.63. The van der Waals surface area contributed by atoms with Crippen LogP contribution in [0.3, 0.4) is 0 Å². The Morgan fingerprint density at radius 2 is 1.97 bits per heavy atom. The van der Waals surface area contributed by atoms with Crippen LogP contribution in [0.2, 0.25) is 5.02 Å². The first-order chi connectivity index (χ1) is 15.3. The lowest BCUT2D eigenvalue weighted by Gasteiger charge is -2.35. The summed E-state index contributed by atoms with van der Waals surface area (Å²) in [5, 5.41) is 13.2. The van der Waals surface area contributed by atoms with E-state index in [2.05, 4.69) is 28.9 Å². The fourth-order valence-electron chi connectivity index (χ4n) is 4.42. The fourth-order valence-corrected chi connectivity index (χ4v) is 4.68. The molecule has 1 radical (unpaired) electrons. The third-order valence-corrected chi connectivity index (χ3v) is 6.25. The normalized spacial score (nSPS) is 20.8. The van der Waals surface area contributed by atoms with Gasteiger partial charge in [0.15, 0.2) is 0 Å². The number of hydrazone groups is 1. The highest BCUT2D eigenvalue weighted by atomic mass is 35.5. The number of fused-ring (bicyclic) bond motifs is 2. The lowest BCUT2D eigenvalue weighted by molar-refractivity contribution is -0.138. The first-order valence-corrected chi connectivity index (χ1v) is 10.8. The molecule has 0 aliphatic carbocycles. The van der Waals surface area contributed by atoms with Gasteiger partial charge in [0.1, 0.15) is 0 Å². The second-order valence-electron chi connectivity index (χ2n) is 8.20. The fraction of sp³-hybridized carbons (Fsp3) is 0.409. The van der Waals surface area contributed by atoms with Gasteiger partial charge in [-0.05, 0) is 65.4 Å². The summed E-state index contributed by atoms with van der Waals surface area (Å²) in [5.74, 6) is 0. The van der Waals surface area contributed by atoms with Gasteiger partial charge in [0, 0.05) is 24.3 Å². The van der Waals surface area contributed by atoms with E-state index in [1.54, 1.807) is 10.2 Å². The van der Waals surface area contributed by atoms with Crippen molar-refractivity contribution in [3.8, 4) is 0 Å². The summed E-state index contributed by atoms with van der Waals surface area (Å²) in [6.07, 6.45) is 0.432. The molecule has 0 bridgehead atoms. The highest BCUT2D eigenvalue weighted by Gasteiger charge is 2.34. The molecule has 3 aliphatic heterocycles. The molecule has 2 aromatic rings. The largest absolute Gasteiger partial charge is 0.416 e. The summed E-state index contributed by atoms with van der Waals surface area (Å²) >= 11 is 5.94. The van der Waals surface area contributed by atoms with E-state index in [1.165, 1.54) is 17.2 Å². The number of alkyl halides is 3. The van der Waals surface area contributed by atoms with Gasteiger partial charge in [-0.15, -0.1) is 10.2 Å². The minimum Gasteiger partial charge on any atom is -0.385 e. The Morgan fingerprint density at radius 3 is 2.75 bits per heavy atom. The summed E-state index contributed by atoms with van der Waals surface area (Å²) in [6.45, 7) is 2.23. The number of nitrogens with zero attached hydrogens (tertiary/aromatic N) is 4. The van der Waals surface area contributed by atoms with Crippen LogP contribution in [-0.2, 0) is 30.7 Å². The highest BCUT2D eigenvalue weighted by Crippen LogP contribution is 2.39. The Hall–Kier alpha value is -2.49. The Morgan fingerprint density at radius 1 is 1.19 bits per heavy atom. The molecule has 0 unspecified atom stereocenters. The van der Waals surface area contributed by atoms with E-state index < -0.39 is 11.7 Å². The number of ether oxygens (including phenoxy) is 1. The molecule has 169 valence electrons. The maximum absolute atomic E-state index is 13.2. The van der Waals surface area contributed by atoms with Gasteiger partial charge in [-0.3, -0.25) is 5.01 Å². The van der Waals surface area contributed by atoms with Crippen molar-refractivity contribution in [3.05, 3.63) is 63.2 Å². The van der Waals surface area contributed by atoms with E-state index in [0.717, 1.165) is 42.8 Å². The second kappa shape index (κ2) is 8.13. The van der Waals surface area contributed by atoms with Crippen LogP contribution in [0.5, 0.6) is 0 Å². The van der Waals surface area contributed by atoms with Crippen LogP contribution in [0, 0.1) is 0 Å². The predicted octanol–water partition coefficient (Wildman–Crippen LogP) is 5.04. The van der Waals surface area contributed by atoms with Crippen molar-refractivity contribution in [1.29, 1.82) is 0 Å². The van der Waals surface area contributed by atoms with Gasteiger partial charge in [-0.2, -0.15) is 13.2 Å². The molecule has 5 rings (SSSR count). The molecule has 6 nitrogen and oxygen atoms in total. The van der Waals surface area contributed by atoms with Gasteiger partial charge in [0.05, 0.1) is 31.4 Å². The zero-order valence-electron chi connectivity index (χ0n) is 17.4. The van der Waals surface area contributed by atoms with E-state index in [9.17, 15) is 13.2 Å². The van der Waals surface area contributed by atoms with Crippen molar-refractivity contribution >= 4 is 23.6 Å². The quantitative estimate of drug-likeness (QED) is 0.689. The van der Waals surface area contributed by atoms with Gasteiger partial charge in [0.25, 0.3) is 0 Å². The van der Waals surface area contributed by atoms with E-state index in [1.807, 2.05) is 12.1 Å². The Labute approximate surface area is 189 Å². The van der Waals surface area contributed by atoms with E-state index in [0.29, 0.717) is 18.8 Å². The molecule has 32 heavy (non-hydrogen) atoms. The van der Waals surface area contributed by atoms with Crippen LogP contribution >= 0.6 is 11.6 Å². The Kier molecular flexibility index (Phi) is 5.43. The lowest BCUT2D eigenvalue weighted by atomic mass is 9.97. The van der Waals surface area contributed by atoms with Crippen molar-refractivity contribution < 1.29 is 17.9 Å². The molecule has 0 amide bonds. The molecule has 3 aliphatic rings. The first-order valence-electron chi connectivity index (χ1n) is 10.4. The van der Waals surface area contributed by atoms with Crippen LogP contribution in [0.25, 0.3) is 0 Å². The molecule has 0 saturated heterocycles. The van der Waals surface area contributed by atoms with Crippen LogP contribution in [0.1, 0.15) is 46.7 Å². The maximum Gasteiger partial charge on any atom is 0.416 e. The SMILES string of the molecule is CN1N(Cc2cc(Cl)cc(C(F)(F)F)c2)N=[C]N1[C@H]1CCCNc2cc3c(cc21)COC3. The van der Waals surface area contributed by atoms with Crippen LogP contribution in [0.15, 0.2) is 35.4 Å². The number of nitrogens with one attached hydrogen (secondary N) is 1. The molecule has 2 aromatic carbocycles. The Balaban J connectivity index is 1.38. The predicted molar refractivity (Wildman–Crippen MR) is 114 cm³/mol. The summed E-state index contributed by atoms with van der Waals surface area (Å²) < 4.78 is 45.1.